The molecule has 0 aliphatic rings. The van der Waals surface area contributed by atoms with E-state index in [1.165, 1.54) is 25.3 Å². The molecule has 0 amide bonds. The average molecular weight is 283 g/mol. The van der Waals surface area contributed by atoms with Crippen molar-refractivity contribution in [1.29, 1.82) is 5.26 Å². The van der Waals surface area contributed by atoms with Gasteiger partial charge >= 0.3 is 6.18 Å². The van der Waals surface area contributed by atoms with Crippen molar-refractivity contribution in [3.05, 3.63) is 35.4 Å². The van der Waals surface area contributed by atoms with Crippen LogP contribution in [0.5, 0.6) is 5.75 Å². The van der Waals surface area contributed by atoms with Crippen LogP contribution >= 0.6 is 0 Å². The Balaban J connectivity index is 3.33. The molecule has 4 nitrogen and oxygen atoms in total. The lowest BCUT2D eigenvalue weighted by atomic mass is 10.1. The molecule has 2 N–H and O–H groups in total. The van der Waals surface area contributed by atoms with E-state index in [0.29, 0.717) is 6.08 Å². The molecule has 106 valence electrons. The van der Waals surface area contributed by atoms with Crippen molar-refractivity contribution in [2.75, 3.05) is 14.2 Å². The fourth-order valence-electron chi connectivity index (χ4n) is 1.50. The van der Waals surface area contributed by atoms with Crippen LogP contribution in [0.25, 0.3) is 5.70 Å². The van der Waals surface area contributed by atoms with Crippen molar-refractivity contribution < 1.29 is 17.9 Å². The molecule has 0 aliphatic heterocycles. The van der Waals surface area contributed by atoms with E-state index in [1.807, 2.05) is 6.07 Å². The van der Waals surface area contributed by atoms with Gasteiger partial charge < -0.3 is 10.5 Å². The monoisotopic (exact) mass is 283 g/mol. The van der Waals surface area contributed by atoms with E-state index in [0.717, 1.165) is 7.05 Å². The van der Waals surface area contributed by atoms with Crippen LogP contribution in [0.4, 0.5) is 13.2 Å². The van der Waals surface area contributed by atoms with Crippen LogP contribution in [-0.2, 0) is 0 Å². The molecule has 1 rings (SSSR count). The Kier molecular flexibility index (Phi) is 4.75. The first-order chi connectivity index (χ1) is 9.33. The van der Waals surface area contributed by atoms with Gasteiger partial charge in [0.05, 0.1) is 18.7 Å². The van der Waals surface area contributed by atoms with Gasteiger partial charge in [-0.15, -0.1) is 0 Å². The summed E-state index contributed by atoms with van der Waals surface area (Å²) in [5.41, 5.74) is 4.83. The van der Waals surface area contributed by atoms with Gasteiger partial charge in [-0.2, -0.15) is 18.4 Å². The zero-order valence-electron chi connectivity index (χ0n) is 10.8. The van der Waals surface area contributed by atoms with Gasteiger partial charge in [-0.25, -0.2) is 0 Å². The molecule has 0 radical (unpaired) electrons. The summed E-state index contributed by atoms with van der Waals surface area (Å²) in [5.74, 6) is 0.273. The molecule has 7 heteroatoms. The van der Waals surface area contributed by atoms with E-state index in [1.54, 1.807) is 0 Å². The summed E-state index contributed by atoms with van der Waals surface area (Å²) >= 11 is 0. The molecule has 0 atom stereocenters. The van der Waals surface area contributed by atoms with Crippen molar-refractivity contribution in [1.82, 2.24) is 0 Å². The molecule has 0 spiro atoms. The van der Waals surface area contributed by atoms with E-state index in [2.05, 4.69) is 4.99 Å². The smallest absolute Gasteiger partial charge is 0.432 e. The number of alkyl halides is 3. The maximum absolute atomic E-state index is 12.6. The van der Waals surface area contributed by atoms with Gasteiger partial charge in [-0.1, -0.05) is 0 Å². The highest BCUT2D eigenvalue weighted by molar-refractivity contribution is 6.04. The molecule has 0 unspecified atom stereocenters. The van der Waals surface area contributed by atoms with Crippen molar-refractivity contribution in [2.24, 2.45) is 10.7 Å². The normalized spacial score (nSPS) is 13.0. The Labute approximate surface area is 114 Å². The van der Waals surface area contributed by atoms with Gasteiger partial charge in [0.2, 0.25) is 0 Å². The number of nitrogens with zero attached hydrogens (tertiary/aromatic N) is 2. The minimum atomic E-state index is -4.60. The predicted molar refractivity (Wildman–Crippen MR) is 69.3 cm³/mol. The van der Waals surface area contributed by atoms with Gasteiger partial charge in [0.15, 0.2) is 0 Å². The van der Waals surface area contributed by atoms with Crippen LogP contribution in [0.2, 0.25) is 0 Å². The molecule has 0 saturated heterocycles. The lowest BCUT2D eigenvalue weighted by Crippen LogP contribution is -2.22. The summed E-state index contributed by atoms with van der Waals surface area (Å²) in [6.45, 7) is 0. The molecule has 0 bridgehead atoms. The highest BCUT2D eigenvalue weighted by atomic mass is 19.4. The summed E-state index contributed by atoms with van der Waals surface area (Å²) in [6, 6.07) is 6.18. The first kappa shape index (κ1) is 15.6. The van der Waals surface area contributed by atoms with E-state index in [9.17, 15) is 13.2 Å². The largest absolute Gasteiger partial charge is 0.496 e. The van der Waals surface area contributed by atoms with Gasteiger partial charge in [0.1, 0.15) is 11.5 Å². The molecule has 20 heavy (non-hydrogen) atoms. The van der Waals surface area contributed by atoms with Crippen LogP contribution in [0.3, 0.4) is 0 Å². The molecule has 1 aromatic carbocycles. The highest BCUT2D eigenvalue weighted by Crippen LogP contribution is 2.26. The number of hydrogen-bond donors (Lipinski definition) is 1. The number of halogens is 3. The lowest BCUT2D eigenvalue weighted by Gasteiger charge is -2.11. The van der Waals surface area contributed by atoms with Crippen molar-refractivity contribution in [2.45, 2.75) is 6.18 Å². The van der Waals surface area contributed by atoms with Crippen LogP contribution in [0, 0.1) is 11.3 Å². The van der Waals surface area contributed by atoms with Crippen LogP contribution in [0.1, 0.15) is 11.1 Å². The number of nitriles is 1. The quantitative estimate of drug-likeness (QED) is 0.866. The Bertz CT molecular complexity index is 598. The van der Waals surface area contributed by atoms with Gasteiger partial charge in [-0.3, -0.25) is 4.99 Å². The Morgan fingerprint density at radius 1 is 1.45 bits per heavy atom. The second-order valence-electron chi connectivity index (χ2n) is 3.73. The summed E-state index contributed by atoms with van der Waals surface area (Å²) < 4.78 is 42.8. The number of hydrogen-bond acceptors (Lipinski definition) is 4. The number of aliphatic imine (C=N–C) groups is 1. The van der Waals surface area contributed by atoms with E-state index in [-0.39, 0.29) is 22.6 Å². The zero-order chi connectivity index (χ0) is 15.3. The van der Waals surface area contributed by atoms with Crippen LogP contribution in [0.15, 0.2) is 29.3 Å². The summed E-state index contributed by atoms with van der Waals surface area (Å²) in [4.78, 5) is 3.15. The molecule has 0 saturated carbocycles. The standard InChI is InChI=1S/C13H12F3N3O/c1-19-12(13(14,15)16)6-10(18)9-5-8(7-17)3-4-11(9)20-2/h3-6H,18H2,1-2H3. The Hall–Kier alpha value is -2.49. The Morgan fingerprint density at radius 2 is 2.10 bits per heavy atom. The number of nitrogens with two attached hydrogens (primary N) is 1. The maximum atomic E-state index is 12.6. The second kappa shape index (κ2) is 6.10. The Morgan fingerprint density at radius 3 is 2.55 bits per heavy atom. The third kappa shape index (κ3) is 3.51. The number of rotatable bonds is 3. The van der Waals surface area contributed by atoms with Crippen LogP contribution in [-0.4, -0.2) is 26.0 Å². The number of methoxy groups -OCH3 is 1. The third-order valence-electron chi connectivity index (χ3n) is 2.46. The molecule has 0 aliphatic carbocycles. The van der Waals surface area contributed by atoms with Gasteiger partial charge in [-0.05, 0) is 24.3 Å². The predicted octanol–water partition coefficient (Wildman–Crippen LogP) is 2.50. The molecule has 0 heterocycles. The first-order valence-electron chi connectivity index (χ1n) is 5.43. The second-order valence-corrected chi connectivity index (χ2v) is 3.73. The number of ether oxygens (including phenoxy) is 1. The van der Waals surface area contributed by atoms with E-state index >= 15 is 0 Å². The summed E-state index contributed by atoms with van der Waals surface area (Å²) in [6.07, 6.45) is -3.89. The fourth-order valence-corrected chi connectivity index (χ4v) is 1.50. The molecular formula is C13H12F3N3O. The summed E-state index contributed by atoms with van der Waals surface area (Å²) in [7, 11) is 2.38. The topological polar surface area (TPSA) is 71.4 Å². The molecule has 1 aromatic rings. The van der Waals surface area contributed by atoms with Gasteiger partial charge in [0, 0.05) is 18.3 Å². The van der Waals surface area contributed by atoms with Gasteiger partial charge in [0.25, 0.3) is 0 Å². The van der Waals surface area contributed by atoms with E-state index < -0.39 is 11.9 Å². The maximum Gasteiger partial charge on any atom is 0.432 e. The highest BCUT2D eigenvalue weighted by Gasteiger charge is 2.33. The molecule has 0 fully saturated rings. The zero-order valence-corrected chi connectivity index (χ0v) is 10.8. The third-order valence-corrected chi connectivity index (χ3v) is 2.46. The molecular weight excluding hydrogens is 271 g/mol. The fraction of sp³-hybridized carbons (Fsp3) is 0.231. The lowest BCUT2D eigenvalue weighted by molar-refractivity contribution is -0.0577. The molecule has 0 aromatic heterocycles. The average Bonchev–Trinajstić information content (AvgIpc) is 2.42. The van der Waals surface area contributed by atoms with Crippen molar-refractivity contribution >= 4 is 11.4 Å². The first-order valence-corrected chi connectivity index (χ1v) is 5.43. The minimum Gasteiger partial charge on any atom is -0.496 e. The summed E-state index contributed by atoms with van der Waals surface area (Å²) in [5, 5.41) is 8.81. The SMILES string of the molecule is CN=C(C=C(N)c1cc(C#N)ccc1OC)C(F)(F)F. The van der Waals surface area contributed by atoms with E-state index in [4.69, 9.17) is 15.7 Å². The minimum absolute atomic E-state index is 0.183. The van der Waals surface area contributed by atoms with Crippen molar-refractivity contribution in [3.63, 3.8) is 0 Å². The number of benzene rings is 1. The number of allylic oxidation sites excluding steroid dienone is 1. The van der Waals surface area contributed by atoms with Crippen LogP contribution < -0.4 is 10.5 Å². The van der Waals surface area contributed by atoms with Crippen molar-refractivity contribution in [3.8, 4) is 11.8 Å².